The molecule has 4 rings (SSSR count). The van der Waals surface area contributed by atoms with E-state index in [1.54, 1.807) is 6.26 Å². The Labute approximate surface area is 185 Å². The topological polar surface area (TPSA) is 73.0 Å². The molecule has 0 saturated heterocycles. The van der Waals surface area contributed by atoms with Crippen LogP contribution in [0.4, 0.5) is 5.69 Å². The predicted molar refractivity (Wildman–Crippen MR) is 123 cm³/mol. The highest BCUT2D eigenvalue weighted by molar-refractivity contribution is 8.00. The molecule has 0 saturated carbocycles. The van der Waals surface area contributed by atoms with E-state index in [1.165, 1.54) is 11.8 Å². The molecule has 0 aliphatic heterocycles. The van der Waals surface area contributed by atoms with Crippen LogP contribution in [-0.4, -0.2) is 20.7 Å². The average molecular weight is 433 g/mol. The number of rotatable bonds is 6. The Kier molecular flexibility index (Phi) is 5.95. The fourth-order valence-electron chi connectivity index (χ4n) is 3.53. The number of aromatic nitrogens is 3. The van der Waals surface area contributed by atoms with Crippen LogP contribution in [0.2, 0.25) is 0 Å². The average Bonchev–Trinajstić information content (AvgIpc) is 3.31. The SMILES string of the molecule is Cc1cc(C)cc(NC(=O)[C@@H](Sc2nnc(-c3ccoc3C)n2C)c2ccccc2)c1. The highest BCUT2D eigenvalue weighted by Crippen LogP contribution is 2.37. The summed E-state index contributed by atoms with van der Waals surface area (Å²) in [7, 11) is 1.90. The largest absolute Gasteiger partial charge is 0.469 e. The lowest BCUT2D eigenvalue weighted by atomic mass is 10.1. The molecule has 7 heteroatoms. The van der Waals surface area contributed by atoms with Crippen LogP contribution in [0.5, 0.6) is 0 Å². The number of carbonyl (C=O) groups is 1. The van der Waals surface area contributed by atoms with Gasteiger partial charge in [-0.15, -0.1) is 10.2 Å². The van der Waals surface area contributed by atoms with Gasteiger partial charge in [-0.25, -0.2) is 0 Å². The van der Waals surface area contributed by atoms with Crippen LogP contribution in [0.1, 0.15) is 27.7 Å². The van der Waals surface area contributed by atoms with Gasteiger partial charge in [-0.2, -0.15) is 0 Å². The number of hydrogen-bond acceptors (Lipinski definition) is 5. The molecule has 0 bridgehead atoms. The Hall–Kier alpha value is -3.32. The van der Waals surface area contributed by atoms with Crippen LogP contribution in [0.25, 0.3) is 11.4 Å². The first-order chi connectivity index (χ1) is 14.9. The Morgan fingerprint density at radius 2 is 1.74 bits per heavy atom. The van der Waals surface area contributed by atoms with E-state index in [0.29, 0.717) is 11.0 Å². The maximum absolute atomic E-state index is 13.3. The van der Waals surface area contributed by atoms with Crippen LogP contribution >= 0.6 is 11.8 Å². The third kappa shape index (κ3) is 4.56. The molecule has 0 unspecified atom stereocenters. The van der Waals surface area contributed by atoms with Gasteiger partial charge < -0.3 is 14.3 Å². The fraction of sp³-hybridized carbons (Fsp3) is 0.208. The zero-order valence-electron chi connectivity index (χ0n) is 17.9. The Morgan fingerprint density at radius 1 is 1.03 bits per heavy atom. The van der Waals surface area contributed by atoms with E-state index in [4.69, 9.17) is 4.42 Å². The summed E-state index contributed by atoms with van der Waals surface area (Å²) in [5.41, 5.74) is 4.79. The van der Waals surface area contributed by atoms with Crippen molar-refractivity contribution in [3.05, 3.63) is 83.3 Å². The highest BCUT2D eigenvalue weighted by atomic mass is 32.2. The molecule has 2 heterocycles. The second kappa shape index (κ2) is 8.81. The molecule has 158 valence electrons. The van der Waals surface area contributed by atoms with Crippen molar-refractivity contribution in [3.63, 3.8) is 0 Å². The van der Waals surface area contributed by atoms with E-state index in [2.05, 4.69) is 21.6 Å². The van der Waals surface area contributed by atoms with Gasteiger partial charge in [0.05, 0.1) is 11.8 Å². The van der Waals surface area contributed by atoms with E-state index in [9.17, 15) is 4.79 Å². The normalized spacial score (nSPS) is 12.0. The molecule has 31 heavy (non-hydrogen) atoms. The van der Waals surface area contributed by atoms with Gasteiger partial charge in [0.2, 0.25) is 5.91 Å². The van der Waals surface area contributed by atoms with E-state index in [-0.39, 0.29) is 5.91 Å². The summed E-state index contributed by atoms with van der Waals surface area (Å²) < 4.78 is 7.30. The molecule has 2 aromatic heterocycles. The Balaban J connectivity index is 1.64. The first-order valence-corrected chi connectivity index (χ1v) is 10.8. The maximum atomic E-state index is 13.3. The van der Waals surface area contributed by atoms with Crippen molar-refractivity contribution in [2.24, 2.45) is 7.05 Å². The van der Waals surface area contributed by atoms with E-state index in [1.807, 2.05) is 80.9 Å². The van der Waals surface area contributed by atoms with Crippen LogP contribution < -0.4 is 5.32 Å². The quantitative estimate of drug-likeness (QED) is 0.409. The van der Waals surface area contributed by atoms with E-state index >= 15 is 0 Å². The number of nitrogens with one attached hydrogen (secondary N) is 1. The van der Waals surface area contributed by atoms with Gasteiger partial charge in [0.25, 0.3) is 0 Å². The number of carbonyl (C=O) groups excluding carboxylic acids is 1. The van der Waals surface area contributed by atoms with Crippen molar-refractivity contribution in [2.75, 3.05) is 5.32 Å². The maximum Gasteiger partial charge on any atom is 0.242 e. The minimum atomic E-state index is -0.483. The summed E-state index contributed by atoms with van der Waals surface area (Å²) in [6.45, 7) is 5.93. The molecule has 0 radical (unpaired) electrons. The van der Waals surface area contributed by atoms with Crippen LogP contribution in [0.15, 0.2) is 70.4 Å². The van der Waals surface area contributed by atoms with Crippen molar-refractivity contribution in [2.45, 2.75) is 31.2 Å². The van der Waals surface area contributed by atoms with Crippen LogP contribution in [-0.2, 0) is 11.8 Å². The van der Waals surface area contributed by atoms with Crippen molar-refractivity contribution < 1.29 is 9.21 Å². The predicted octanol–water partition coefficient (Wildman–Crippen LogP) is 5.47. The molecule has 1 atom stereocenters. The lowest BCUT2D eigenvalue weighted by Crippen LogP contribution is -2.19. The standard InChI is InChI=1S/C24H24N4O2S/c1-15-12-16(2)14-19(13-15)25-23(29)21(18-8-6-5-7-9-18)31-24-27-26-22(28(24)4)20-10-11-30-17(20)3/h5-14,21H,1-4H3,(H,25,29)/t21-/m0/s1. The lowest BCUT2D eigenvalue weighted by Gasteiger charge is -2.17. The summed E-state index contributed by atoms with van der Waals surface area (Å²) in [6.07, 6.45) is 1.64. The van der Waals surface area contributed by atoms with Crippen molar-refractivity contribution in [1.82, 2.24) is 14.8 Å². The summed E-state index contributed by atoms with van der Waals surface area (Å²) in [5.74, 6) is 1.37. The summed E-state index contributed by atoms with van der Waals surface area (Å²) in [5, 5.41) is 11.9. The molecule has 1 N–H and O–H groups in total. The smallest absolute Gasteiger partial charge is 0.242 e. The monoisotopic (exact) mass is 432 g/mol. The van der Waals surface area contributed by atoms with Crippen LogP contribution in [0.3, 0.4) is 0 Å². The van der Waals surface area contributed by atoms with Crippen molar-refractivity contribution in [1.29, 1.82) is 0 Å². The van der Waals surface area contributed by atoms with Crippen molar-refractivity contribution in [3.8, 4) is 11.4 Å². The molecular formula is C24H24N4O2S. The number of furan rings is 1. The van der Waals surface area contributed by atoms with E-state index in [0.717, 1.165) is 33.7 Å². The zero-order valence-corrected chi connectivity index (χ0v) is 18.7. The Bertz CT molecular complexity index is 1190. The zero-order chi connectivity index (χ0) is 22.0. The molecule has 1 amide bonds. The molecule has 0 fully saturated rings. The molecule has 0 aliphatic carbocycles. The van der Waals surface area contributed by atoms with Gasteiger partial charge in [0, 0.05) is 12.7 Å². The molecule has 4 aromatic rings. The number of aryl methyl sites for hydroxylation is 3. The van der Waals surface area contributed by atoms with E-state index < -0.39 is 5.25 Å². The summed E-state index contributed by atoms with van der Waals surface area (Å²) in [6, 6.07) is 17.6. The van der Waals surface area contributed by atoms with Gasteiger partial charge in [0.1, 0.15) is 11.0 Å². The van der Waals surface area contributed by atoms with Gasteiger partial charge in [-0.1, -0.05) is 48.2 Å². The summed E-state index contributed by atoms with van der Waals surface area (Å²) in [4.78, 5) is 13.3. The third-order valence-corrected chi connectivity index (χ3v) is 6.28. The Morgan fingerprint density at radius 3 is 2.39 bits per heavy atom. The number of benzene rings is 2. The summed E-state index contributed by atoms with van der Waals surface area (Å²) >= 11 is 1.37. The number of hydrogen-bond donors (Lipinski definition) is 1. The third-order valence-electron chi connectivity index (χ3n) is 4.99. The lowest BCUT2D eigenvalue weighted by molar-refractivity contribution is -0.115. The van der Waals surface area contributed by atoms with Crippen molar-refractivity contribution >= 4 is 23.4 Å². The van der Waals surface area contributed by atoms with Gasteiger partial charge >= 0.3 is 0 Å². The first-order valence-electron chi connectivity index (χ1n) is 9.97. The molecule has 6 nitrogen and oxygen atoms in total. The minimum Gasteiger partial charge on any atom is -0.469 e. The van der Waals surface area contributed by atoms with Gasteiger partial charge in [-0.3, -0.25) is 4.79 Å². The second-order valence-electron chi connectivity index (χ2n) is 7.53. The first kappa shape index (κ1) is 20.9. The number of anilines is 1. The highest BCUT2D eigenvalue weighted by Gasteiger charge is 2.26. The molecular weight excluding hydrogens is 408 g/mol. The molecule has 0 aliphatic rings. The molecule has 2 aromatic carbocycles. The number of amides is 1. The van der Waals surface area contributed by atoms with Crippen LogP contribution in [0, 0.1) is 20.8 Å². The minimum absolute atomic E-state index is 0.106. The van der Waals surface area contributed by atoms with Gasteiger partial charge in [-0.05, 0) is 55.7 Å². The number of nitrogens with zero attached hydrogens (tertiary/aromatic N) is 3. The second-order valence-corrected chi connectivity index (χ2v) is 8.60. The van der Waals surface area contributed by atoms with Gasteiger partial charge in [0.15, 0.2) is 11.0 Å². The number of thioether (sulfide) groups is 1. The fourth-order valence-corrected chi connectivity index (χ4v) is 4.53. The molecule has 0 spiro atoms.